The molecule has 1 unspecified atom stereocenters. The van der Waals surface area contributed by atoms with Crippen molar-refractivity contribution in [3.63, 3.8) is 0 Å². The van der Waals surface area contributed by atoms with E-state index in [9.17, 15) is 9.59 Å². The van der Waals surface area contributed by atoms with Gasteiger partial charge in [-0.3, -0.25) is 14.5 Å². The molecule has 1 saturated heterocycles. The minimum atomic E-state index is -0.622. The molecule has 1 N–H and O–H groups in total. The molecule has 2 amide bonds. The molecule has 0 bridgehead atoms. The van der Waals surface area contributed by atoms with E-state index in [0.717, 1.165) is 5.56 Å². The molecule has 2 aromatic heterocycles. The number of likely N-dealkylation sites (tertiary alicyclic amines) is 1. The summed E-state index contributed by atoms with van der Waals surface area (Å²) in [6.45, 7) is 3.65. The van der Waals surface area contributed by atoms with Gasteiger partial charge in [-0.15, -0.1) is 0 Å². The highest BCUT2D eigenvalue weighted by Crippen LogP contribution is 2.24. The van der Waals surface area contributed by atoms with Crippen LogP contribution in [-0.2, 0) is 9.59 Å². The molecule has 0 saturated carbocycles. The third-order valence-electron chi connectivity index (χ3n) is 4.34. The zero-order valence-corrected chi connectivity index (χ0v) is 14.5. The number of rotatable bonds is 4. The molecule has 0 spiro atoms. The quantitative estimate of drug-likeness (QED) is 0.721. The second-order valence-corrected chi connectivity index (χ2v) is 6.46. The lowest BCUT2D eigenvalue weighted by Crippen LogP contribution is -2.39. The van der Waals surface area contributed by atoms with Crippen LogP contribution in [0.5, 0.6) is 0 Å². The Morgan fingerprint density at radius 1 is 1.19 bits per heavy atom. The van der Waals surface area contributed by atoms with E-state index < -0.39 is 6.04 Å². The molecule has 0 radical (unpaired) electrons. The maximum atomic E-state index is 12.6. The Kier molecular flexibility index (Phi) is 3.87. The van der Waals surface area contributed by atoms with Gasteiger partial charge in [0.2, 0.25) is 5.91 Å². The molecule has 3 heterocycles. The topological polar surface area (TPSA) is 92.5 Å². The summed E-state index contributed by atoms with van der Waals surface area (Å²) >= 11 is 0. The Labute approximate surface area is 149 Å². The fourth-order valence-corrected chi connectivity index (χ4v) is 3.16. The number of fused-ring (bicyclic) bond motifs is 1. The predicted molar refractivity (Wildman–Crippen MR) is 95.2 cm³/mol. The van der Waals surface area contributed by atoms with Crippen LogP contribution in [0.4, 0.5) is 5.82 Å². The SMILES string of the molecule is CC(C)N1C(=O)CC(Nc2cc(-c3ccccc3)nc3ncnn23)C1=O. The van der Waals surface area contributed by atoms with E-state index in [1.165, 1.54) is 15.7 Å². The molecule has 132 valence electrons. The van der Waals surface area contributed by atoms with Gasteiger partial charge in [0.1, 0.15) is 18.2 Å². The maximum Gasteiger partial charge on any atom is 0.254 e. The molecule has 4 rings (SSSR count). The second kappa shape index (κ2) is 6.21. The van der Waals surface area contributed by atoms with Crippen molar-refractivity contribution in [3.8, 4) is 11.3 Å². The van der Waals surface area contributed by atoms with E-state index in [0.29, 0.717) is 17.3 Å². The fourth-order valence-electron chi connectivity index (χ4n) is 3.16. The molecule has 1 aliphatic heterocycles. The molecule has 8 heteroatoms. The summed E-state index contributed by atoms with van der Waals surface area (Å²) in [6, 6.07) is 10.7. The summed E-state index contributed by atoms with van der Waals surface area (Å²) < 4.78 is 1.53. The number of anilines is 1. The first-order valence-electron chi connectivity index (χ1n) is 8.43. The summed E-state index contributed by atoms with van der Waals surface area (Å²) in [4.78, 5) is 34.7. The number of carbonyl (C=O) groups is 2. The van der Waals surface area contributed by atoms with Crippen molar-refractivity contribution in [2.45, 2.75) is 32.4 Å². The number of benzene rings is 1. The first-order valence-corrected chi connectivity index (χ1v) is 8.43. The summed E-state index contributed by atoms with van der Waals surface area (Å²) in [7, 11) is 0. The lowest BCUT2D eigenvalue weighted by atomic mass is 10.1. The number of nitrogens with zero attached hydrogens (tertiary/aromatic N) is 5. The number of carbonyl (C=O) groups excluding carboxylic acids is 2. The molecule has 1 aliphatic rings. The number of nitrogens with one attached hydrogen (secondary N) is 1. The zero-order chi connectivity index (χ0) is 18.3. The van der Waals surface area contributed by atoms with Crippen LogP contribution in [0.3, 0.4) is 0 Å². The van der Waals surface area contributed by atoms with Gasteiger partial charge in [0.05, 0.1) is 12.1 Å². The van der Waals surface area contributed by atoms with Crippen LogP contribution in [0, 0.1) is 0 Å². The van der Waals surface area contributed by atoms with Gasteiger partial charge in [-0.25, -0.2) is 4.98 Å². The smallest absolute Gasteiger partial charge is 0.254 e. The Balaban J connectivity index is 1.72. The summed E-state index contributed by atoms with van der Waals surface area (Å²) in [5.41, 5.74) is 1.64. The van der Waals surface area contributed by atoms with E-state index in [4.69, 9.17) is 0 Å². The van der Waals surface area contributed by atoms with Crippen molar-refractivity contribution in [1.82, 2.24) is 24.5 Å². The molecule has 1 atom stereocenters. The Hall–Kier alpha value is -3.29. The van der Waals surface area contributed by atoms with Crippen LogP contribution in [0.1, 0.15) is 20.3 Å². The average molecular weight is 350 g/mol. The van der Waals surface area contributed by atoms with Crippen molar-refractivity contribution in [3.05, 3.63) is 42.7 Å². The van der Waals surface area contributed by atoms with Crippen molar-refractivity contribution >= 4 is 23.4 Å². The van der Waals surface area contributed by atoms with E-state index >= 15 is 0 Å². The number of imide groups is 1. The molecule has 3 aromatic rings. The van der Waals surface area contributed by atoms with Crippen LogP contribution >= 0.6 is 0 Å². The fraction of sp³-hybridized carbons (Fsp3) is 0.278. The van der Waals surface area contributed by atoms with Crippen LogP contribution in [0.2, 0.25) is 0 Å². The van der Waals surface area contributed by atoms with E-state index in [2.05, 4.69) is 20.4 Å². The standard InChI is InChI=1S/C18H18N6O2/c1-11(2)23-16(25)9-14(17(23)26)21-15-8-13(12-6-4-3-5-7-12)22-18-19-10-20-24(15)18/h3-8,10-11,14,21H,9H2,1-2H3. The van der Waals surface area contributed by atoms with Crippen LogP contribution in [-0.4, -0.2) is 48.4 Å². The number of aromatic nitrogens is 4. The minimum Gasteiger partial charge on any atom is -0.358 e. The molecule has 1 fully saturated rings. The van der Waals surface area contributed by atoms with E-state index in [1.54, 1.807) is 0 Å². The third kappa shape index (κ3) is 2.69. The van der Waals surface area contributed by atoms with Crippen molar-refractivity contribution in [1.29, 1.82) is 0 Å². The Morgan fingerprint density at radius 2 is 1.96 bits per heavy atom. The number of hydrogen-bond acceptors (Lipinski definition) is 6. The molecule has 26 heavy (non-hydrogen) atoms. The molecular weight excluding hydrogens is 332 g/mol. The Bertz CT molecular complexity index is 982. The maximum absolute atomic E-state index is 12.6. The summed E-state index contributed by atoms with van der Waals surface area (Å²) in [6.07, 6.45) is 1.53. The van der Waals surface area contributed by atoms with Gasteiger partial charge in [0.15, 0.2) is 0 Å². The van der Waals surface area contributed by atoms with Crippen LogP contribution in [0.15, 0.2) is 42.7 Å². The molecular formula is C18H18N6O2. The van der Waals surface area contributed by atoms with Crippen LogP contribution in [0.25, 0.3) is 17.0 Å². The molecule has 1 aromatic carbocycles. The van der Waals surface area contributed by atoms with Gasteiger partial charge in [0, 0.05) is 17.7 Å². The van der Waals surface area contributed by atoms with Crippen molar-refractivity contribution in [2.75, 3.05) is 5.32 Å². The first kappa shape index (κ1) is 16.2. The number of amides is 2. The highest BCUT2D eigenvalue weighted by atomic mass is 16.2. The number of hydrogen-bond donors (Lipinski definition) is 1. The summed E-state index contributed by atoms with van der Waals surface area (Å²) in [5.74, 6) is 0.598. The lowest BCUT2D eigenvalue weighted by molar-refractivity contribution is -0.140. The first-order chi connectivity index (χ1) is 12.5. The lowest BCUT2D eigenvalue weighted by Gasteiger charge is -2.19. The summed E-state index contributed by atoms with van der Waals surface area (Å²) in [5, 5.41) is 7.32. The second-order valence-electron chi connectivity index (χ2n) is 6.46. The van der Waals surface area contributed by atoms with Crippen molar-refractivity contribution in [2.24, 2.45) is 0 Å². The third-order valence-corrected chi connectivity index (χ3v) is 4.34. The highest BCUT2D eigenvalue weighted by Gasteiger charge is 2.40. The van der Waals surface area contributed by atoms with Crippen molar-refractivity contribution < 1.29 is 9.59 Å². The minimum absolute atomic E-state index is 0.121. The van der Waals surface area contributed by atoms with Gasteiger partial charge in [-0.05, 0) is 13.8 Å². The normalized spacial score (nSPS) is 17.5. The molecule has 0 aliphatic carbocycles. The largest absolute Gasteiger partial charge is 0.358 e. The highest BCUT2D eigenvalue weighted by molar-refractivity contribution is 6.07. The van der Waals surface area contributed by atoms with Gasteiger partial charge in [-0.2, -0.15) is 14.6 Å². The monoisotopic (exact) mass is 350 g/mol. The van der Waals surface area contributed by atoms with E-state index in [-0.39, 0.29) is 24.3 Å². The van der Waals surface area contributed by atoms with Crippen LogP contribution < -0.4 is 5.32 Å². The molecule has 8 nitrogen and oxygen atoms in total. The average Bonchev–Trinajstić information content (AvgIpc) is 3.20. The van der Waals surface area contributed by atoms with Gasteiger partial charge < -0.3 is 5.32 Å². The predicted octanol–water partition coefficient (Wildman–Crippen LogP) is 1.74. The zero-order valence-electron chi connectivity index (χ0n) is 14.5. The Morgan fingerprint density at radius 3 is 2.65 bits per heavy atom. The van der Waals surface area contributed by atoms with Gasteiger partial charge in [-0.1, -0.05) is 30.3 Å². The van der Waals surface area contributed by atoms with Gasteiger partial charge in [0.25, 0.3) is 11.7 Å². The van der Waals surface area contributed by atoms with E-state index in [1.807, 2.05) is 50.2 Å². The van der Waals surface area contributed by atoms with Gasteiger partial charge >= 0.3 is 0 Å².